The molecule has 1 heterocycles. The standard InChI is InChI=1S/C18H29NO/c1-4-19-18(11-9-16-7-5-6-12-20-16)17-10-8-14(2)13-15(17)3/h8,10,13,16,18-19H,4-7,9,11-12H2,1-3H3. The summed E-state index contributed by atoms with van der Waals surface area (Å²) in [5.74, 6) is 0. The van der Waals surface area contributed by atoms with E-state index in [1.54, 1.807) is 0 Å². The van der Waals surface area contributed by atoms with Crippen molar-refractivity contribution in [3.8, 4) is 0 Å². The van der Waals surface area contributed by atoms with Gasteiger partial charge in [-0.3, -0.25) is 0 Å². The topological polar surface area (TPSA) is 21.3 Å². The van der Waals surface area contributed by atoms with E-state index in [1.807, 2.05) is 0 Å². The molecule has 1 aliphatic rings. The molecule has 0 aliphatic carbocycles. The van der Waals surface area contributed by atoms with Gasteiger partial charge in [-0.05, 0) is 63.6 Å². The summed E-state index contributed by atoms with van der Waals surface area (Å²) in [5, 5.41) is 3.64. The second kappa shape index (κ2) is 7.80. The number of nitrogens with one attached hydrogen (secondary N) is 1. The van der Waals surface area contributed by atoms with Crippen molar-refractivity contribution >= 4 is 0 Å². The predicted molar refractivity (Wildman–Crippen MR) is 85.2 cm³/mol. The summed E-state index contributed by atoms with van der Waals surface area (Å²) in [7, 11) is 0. The molecule has 0 spiro atoms. The monoisotopic (exact) mass is 275 g/mol. The minimum absolute atomic E-state index is 0.464. The minimum Gasteiger partial charge on any atom is -0.378 e. The van der Waals surface area contributed by atoms with E-state index in [0.29, 0.717) is 12.1 Å². The number of hydrogen-bond donors (Lipinski definition) is 1. The van der Waals surface area contributed by atoms with Crippen LogP contribution in [-0.2, 0) is 4.74 Å². The summed E-state index contributed by atoms with van der Waals surface area (Å²) in [6, 6.07) is 7.27. The molecule has 2 unspecified atom stereocenters. The maximum atomic E-state index is 5.86. The Kier molecular flexibility index (Phi) is 6.06. The highest BCUT2D eigenvalue weighted by Crippen LogP contribution is 2.26. The highest BCUT2D eigenvalue weighted by molar-refractivity contribution is 5.32. The van der Waals surface area contributed by atoms with Crippen LogP contribution in [0, 0.1) is 13.8 Å². The first-order chi connectivity index (χ1) is 9.70. The van der Waals surface area contributed by atoms with Gasteiger partial charge in [0.1, 0.15) is 0 Å². The fraction of sp³-hybridized carbons (Fsp3) is 0.667. The Labute approximate surface area is 123 Å². The van der Waals surface area contributed by atoms with Crippen molar-refractivity contribution in [1.82, 2.24) is 5.32 Å². The molecule has 112 valence electrons. The Morgan fingerprint density at radius 1 is 1.30 bits per heavy atom. The van der Waals surface area contributed by atoms with Gasteiger partial charge in [-0.15, -0.1) is 0 Å². The molecule has 2 atom stereocenters. The number of benzene rings is 1. The summed E-state index contributed by atoms with van der Waals surface area (Å²) in [4.78, 5) is 0. The first kappa shape index (κ1) is 15.5. The molecule has 1 N–H and O–H groups in total. The summed E-state index contributed by atoms with van der Waals surface area (Å²) in [6.45, 7) is 8.55. The van der Waals surface area contributed by atoms with Gasteiger partial charge in [0.15, 0.2) is 0 Å². The predicted octanol–water partition coefficient (Wildman–Crippen LogP) is 4.30. The zero-order valence-electron chi connectivity index (χ0n) is 13.2. The van der Waals surface area contributed by atoms with Crippen molar-refractivity contribution in [2.45, 2.75) is 65.0 Å². The van der Waals surface area contributed by atoms with Gasteiger partial charge in [-0.1, -0.05) is 30.7 Å². The second-order valence-electron chi connectivity index (χ2n) is 6.04. The maximum Gasteiger partial charge on any atom is 0.0575 e. The second-order valence-corrected chi connectivity index (χ2v) is 6.04. The molecule has 1 aliphatic heterocycles. The van der Waals surface area contributed by atoms with Gasteiger partial charge >= 0.3 is 0 Å². The van der Waals surface area contributed by atoms with Crippen LogP contribution in [0.5, 0.6) is 0 Å². The highest BCUT2D eigenvalue weighted by atomic mass is 16.5. The fourth-order valence-electron chi connectivity index (χ4n) is 3.22. The van der Waals surface area contributed by atoms with E-state index in [4.69, 9.17) is 4.74 Å². The number of hydrogen-bond acceptors (Lipinski definition) is 2. The molecular weight excluding hydrogens is 246 g/mol. The van der Waals surface area contributed by atoms with Gasteiger partial charge in [-0.25, -0.2) is 0 Å². The summed E-state index contributed by atoms with van der Waals surface area (Å²) >= 11 is 0. The molecular formula is C18H29NO. The molecule has 2 rings (SSSR count). The van der Waals surface area contributed by atoms with Crippen molar-refractivity contribution in [3.05, 3.63) is 34.9 Å². The minimum atomic E-state index is 0.464. The zero-order chi connectivity index (χ0) is 14.4. The van der Waals surface area contributed by atoms with E-state index < -0.39 is 0 Å². The van der Waals surface area contributed by atoms with Gasteiger partial charge in [0.25, 0.3) is 0 Å². The third-order valence-electron chi connectivity index (χ3n) is 4.30. The van der Waals surface area contributed by atoms with Crippen molar-refractivity contribution < 1.29 is 4.74 Å². The molecule has 0 bridgehead atoms. The Hall–Kier alpha value is -0.860. The van der Waals surface area contributed by atoms with E-state index in [1.165, 1.54) is 48.8 Å². The molecule has 0 saturated carbocycles. The fourth-order valence-corrected chi connectivity index (χ4v) is 3.22. The Morgan fingerprint density at radius 3 is 2.80 bits per heavy atom. The van der Waals surface area contributed by atoms with Crippen LogP contribution in [-0.4, -0.2) is 19.3 Å². The molecule has 1 aromatic carbocycles. The van der Waals surface area contributed by atoms with Gasteiger partial charge in [0.05, 0.1) is 6.10 Å². The molecule has 20 heavy (non-hydrogen) atoms. The third kappa shape index (κ3) is 4.32. The Bertz CT molecular complexity index is 410. The first-order valence-electron chi connectivity index (χ1n) is 8.13. The smallest absolute Gasteiger partial charge is 0.0575 e. The lowest BCUT2D eigenvalue weighted by Crippen LogP contribution is -2.25. The summed E-state index contributed by atoms with van der Waals surface area (Å²) in [5.41, 5.74) is 4.20. The van der Waals surface area contributed by atoms with Crippen molar-refractivity contribution in [3.63, 3.8) is 0 Å². The summed E-state index contributed by atoms with van der Waals surface area (Å²) < 4.78 is 5.86. The van der Waals surface area contributed by atoms with Crippen LogP contribution in [0.15, 0.2) is 18.2 Å². The molecule has 0 amide bonds. The van der Waals surface area contributed by atoms with Crippen molar-refractivity contribution in [2.24, 2.45) is 0 Å². The average molecular weight is 275 g/mol. The molecule has 1 aromatic rings. The lowest BCUT2D eigenvalue weighted by atomic mass is 9.93. The van der Waals surface area contributed by atoms with Crippen LogP contribution in [0.3, 0.4) is 0 Å². The maximum absolute atomic E-state index is 5.86. The molecule has 2 heteroatoms. The molecule has 1 fully saturated rings. The van der Waals surface area contributed by atoms with Crippen LogP contribution in [0.2, 0.25) is 0 Å². The molecule has 0 aromatic heterocycles. The number of ether oxygens (including phenoxy) is 1. The van der Waals surface area contributed by atoms with Crippen LogP contribution in [0.4, 0.5) is 0 Å². The van der Waals surface area contributed by atoms with E-state index in [2.05, 4.69) is 44.3 Å². The quantitative estimate of drug-likeness (QED) is 0.835. The van der Waals surface area contributed by atoms with Gasteiger partial charge in [-0.2, -0.15) is 0 Å². The van der Waals surface area contributed by atoms with E-state index >= 15 is 0 Å². The molecule has 1 saturated heterocycles. The first-order valence-corrected chi connectivity index (χ1v) is 8.13. The van der Waals surface area contributed by atoms with Crippen LogP contribution in [0.25, 0.3) is 0 Å². The SMILES string of the molecule is CCNC(CCC1CCCCO1)c1ccc(C)cc1C. The molecule has 2 nitrogen and oxygen atoms in total. The summed E-state index contributed by atoms with van der Waals surface area (Å²) in [6.07, 6.45) is 6.64. The molecule has 0 radical (unpaired) electrons. The van der Waals surface area contributed by atoms with E-state index in [0.717, 1.165) is 13.2 Å². The van der Waals surface area contributed by atoms with Gasteiger partial charge in [0, 0.05) is 12.6 Å². The third-order valence-corrected chi connectivity index (χ3v) is 4.30. The van der Waals surface area contributed by atoms with Crippen LogP contribution >= 0.6 is 0 Å². The van der Waals surface area contributed by atoms with Crippen molar-refractivity contribution in [1.29, 1.82) is 0 Å². The average Bonchev–Trinajstić information content (AvgIpc) is 2.45. The van der Waals surface area contributed by atoms with E-state index in [9.17, 15) is 0 Å². The number of rotatable bonds is 6. The van der Waals surface area contributed by atoms with E-state index in [-0.39, 0.29) is 0 Å². The Balaban J connectivity index is 1.98. The highest BCUT2D eigenvalue weighted by Gasteiger charge is 2.18. The van der Waals surface area contributed by atoms with Gasteiger partial charge in [0.2, 0.25) is 0 Å². The van der Waals surface area contributed by atoms with Crippen molar-refractivity contribution in [2.75, 3.05) is 13.2 Å². The van der Waals surface area contributed by atoms with Gasteiger partial charge < -0.3 is 10.1 Å². The largest absolute Gasteiger partial charge is 0.378 e. The number of aryl methyl sites for hydroxylation is 2. The zero-order valence-corrected chi connectivity index (χ0v) is 13.2. The normalized spacial score (nSPS) is 20.9. The lowest BCUT2D eigenvalue weighted by Gasteiger charge is -2.26. The van der Waals surface area contributed by atoms with Crippen LogP contribution < -0.4 is 5.32 Å². The lowest BCUT2D eigenvalue weighted by molar-refractivity contribution is 0.00855. The Morgan fingerprint density at radius 2 is 2.15 bits per heavy atom. The van der Waals surface area contributed by atoms with Crippen LogP contribution in [0.1, 0.15) is 61.8 Å².